The molecule has 32 heavy (non-hydrogen) atoms. The van der Waals surface area contributed by atoms with E-state index in [1.54, 1.807) is 28.9 Å². The van der Waals surface area contributed by atoms with Gasteiger partial charge < -0.3 is 9.64 Å². The number of anilines is 1. The second-order valence-corrected chi connectivity index (χ2v) is 7.60. The van der Waals surface area contributed by atoms with Crippen molar-refractivity contribution in [3.8, 4) is 11.8 Å². The number of ether oxygens (including phenoxy) is 1. The van der Waals surface area contributed by atoms with Crippen molar-refractivity contribution < 1.29 is 14.3 Å². The Labute approximate surface area is 191 Å². The number of hydrogen-bond donors (Lipinski definition) is 0. The topological polar surface area (TPSA) is 88.2 Å². The van der Waals surface area contributed by atoms with Gasteiger partial charge in [-0.25, -0.2) is 4.68 Å². The van der Waals surface area contributed by atoms with E-state index in [-0.39, 0.29) is 19.4 Å². The molecule has 3 aromatic rings. The van der Waals surface area contributed by atoms with Gasteiger partial charge in [0.2, 0.25) is 0 Å². The highest BCUT2D eigenvalue weighted by atomic mass is 35.5. The number of esters is 1. The van der Waals surface area contributed by atoms with E-state index >= 15 is 0 Å². The molecule has 164 valence electrons. The van der Waals surface area contributed by atoms with Gasteiger partial charge in [0, 0.05) is 28.5 Å². The maximum atomic E-state index is 12.7. The van der Waals surface area contributed by atoms with Crippen LogP contribution in [0.4, 0.5) is 5.69 Å². The minimum Gasteiger partial charge on any atom is -0.455 e. The molecule has 0 aliphatic rings. The highest BCUT2D eigenvalue weighted by Gasteiger charge is 2.20. The lowest BCUT2D eigenvalue weighted by molar-refractivity contribution is -0.147. The van der Waals surface area contributed by atoms with Crippen LogP contribution < -0.4 is 4.90 Å². The molecule has 1 heterocycles. The molecule has 0 spiro atoms. The first-order chi connectivity index (χ1) is 15.4. The van der Waals surface area contributed by atoms with Crippen molar-refractivity contribution in [2.45, 2.75) is 26.7 Å². The summed E-state index contributed by atoms with van der Waals surface area (Å²) in [7, 11) is 0. The van der Waals surface area contributed by atoms with Crippen LogP contribution in [0.3, 0.4) is 0 Å². The first-order valence-corrected chi connectivity index (χ1v) is 10.5. The summed E-state index contributed by atoms with van der Waals surface area (Å²) >= 11 is 6.03. The van der Waals surface area contributed by atoms with Gasteiger partial charge in [0.25, 0.3) is 5.91 Å². The van der Waals surface area contributed by atoms with Gasteiger partial charge in [-0.3, -0.25) is 9.59 Å². The summed E-state index contributed by atoms with van der Waals surface area (Å²) in [4.78, 5) is 26.6. The van der Waals surface area contributed by atoms with Gasteiger partial charge in [-0.05, 0) is 44.2 Å². The number of nitrogens with zero attached hydrogens (tertiary/aromatic N) is 4. The first kappa shape index (κ1) is 23.0. The van der Waals surface area contributed by atoms with E-state index in [9.17, 15) is 9.59 Å². The fourth-order valence-electron chi connectivity index (χ4n) is 3.37. The van der Waals surface area contributed by atoms with Gasteiger partial charge in [0.05, 0.1) is 30.3 Å². The number of carbonyl (C=O) groups is 2. The van der Waals surface area contributed by atoms with Crippen molar-refractivity contribution in [2.75, 3.05) is 18.1 Å². The Bertz CT molecular complexity index is 1150. The molecule has 0 unspecified atom stereocenters. The Morgan fingerprint density at radius 2 is 1.91 bits per heavy atom. The Hall–Kier alpha value is -3.63. The molecule has 0 aliphatic heterocycles. The number of nitriles is 1. The number of rotatable bonds is 8. The van der Waals surface area contributed by atoms with Crippen LogP contribution in [0.5, 0.6) is 0 Å². The average Bonchev–Trinajstić information content (AvgIpc) is 3.07. The fourth-order valence-corrected chi connectivity index (χ4v) is 3.56. The van der Waals surface area contributed by atoms with Crippen LogP contribution in [0, 0.1) is 25.2 Å². The molecule has 0 atom stereocenters. The highest BCUT2D eigenvalue weighted by Crippen LogP contribution is 2.21. The molecule has 0 saturated heterocycles. The van der Waals surface area contributed by atoms with Crippen molar-refractivity contribution >= 4 is 29.2 Å². The van der Waals surface area contributed by atoms with E-state index in [1.165, 1.54) is 4.90 Å². The molecule has 2 aromatic carbocycles. The predicted molar refractivity (Wildman–Crippen MR) is 122 cm³/mol. The lowest BCUT2D eigenvalue weighted by Crippen LogP contribution is -2.35. The van der Waals surface area contributed by atoms with Crippen LogP contribution in [0.2, 0.25) is 5.02 Å². The summed E-state index contributed by atoms with van der Waals surface area (Å²) in [5.74, 6) is -0.951. The van der Waals surface area contributed by atoms with Crippen LogP contribution in [0.25, 0.3) is 5.69 Å². The van der Waals surface area contributed by atoms with E-state index < -0.39 is 18.5 Å². The van der Waals surface area contributed by atoms with Gasteiger partial charge >= 0.3 is 5.97 Å². The van der Waals surface area contributed by atoms with Gasteiger partial charge in [-0.15, -0.1) is 0 Å². The minimum absolute atomic E-state index is 0.00708. The molecule has 7 nitrogen and oxygen atoms in total. The van der Waals surface area contributed by atoms with Crippen molar-refractivity contribution in [1.82, 2.24) is 9.78 Å². The molecule has 0 radical (unpaired) electrons. The van der Waals surface area contributed by atoms with Crippen LogP contribution in [-0.4, -0.2) is 34.8 Å². The second-order valence-electron chi connectivity index (χ2n) is 7.17. The van der Waals surface area contributed by atoms with Crippen LogP contribution in [-0.2, 0) is 20.7 Å². The number of aromatic nitrogens is 2. The molecule has 1 amide bonds. The van der Waals surface area contributed by atoms with Gasteiger partial charge in [0.15, 0.2) is 6.61 Å². The quantitative estimate of drug-likeness (QED) is 0.480. The highest BCUT2D eigenvalue weighted by molar-refractivity contribution is 6.30. The molecule has 1 aromatic heterocycles. The molecular formula is C24H23ClN4O3. The predicted octanol–water partition coefficient (Wildman–Crippen LogP) is 4.18. The molecule has 8 heteroatoms. The zero-order valence-electron chi connectivity index (χ0n) is 17.9. The largest absolute Gasteiger partial charge is 0.455 e. The van der Waals surface area contributed by atoms with E-state index in [2.05, 4.69) is 5.10 Å². The minimum atomic E-state index is -0.525. The summed E-state index contributed by atoms with van der Waals surface area (Å²) in [5.41, 5.74) is 3.78. The maximum Gasteiger partial charge on any atom is 0.310 e. The van der Waals surface area contributed by atoms with Crippen molar-refractivity contribution in [3.05, 3.63) is 76.6 Å². The molecule has 0 aliphatic carbocycles. The standard InChI is InChI=1S/C24H23ClN4O3/c1-17-22(18(2)29(27-17)20-9-4-3-5-10-20)15-24(31)32-16-23(30)28(13-7-12-26)21-11-6-8-19(25)14-21/h3-6,8-11,14H,7,13,15-16H2,1-2H3. The number of para-hydroxylation sites is 1. The molecule has 3 rings (SSSR count). The summed E-state index contributed by atoms with van der Waals surface area (Å²) in [6.45, 7) is 3.48. The van der Waals surface area contributed by atoms with Crippen LogP contribution in [0.15, 0.2) is 54.6 Å². The summed E-state index contributed by atoms with van der Waals surface area (Å²) in [6.07, 6.45) is 0.149. The summed E-state index contributed by atoms with van der Waals surface area (Å²) < 4.78 is 7.05. The Morgan fingerprint density at radius 1 is 1.16 bits per heavy atom. The Balaban J connectivity index is 1.67. The van der Waals surface area contributed by atoms with Crippen molar-refractivity contribution in [2.24, 2.45) is 0 Å². The van der Waals surface area contributed by atoms with E-state index in [0.29, 0.717) is 10.7 Å². The smallest absolute Gasteiger partial charge is 0.310 e. The average molecular weight is 451 g/mol. The lowest BCUT2D eigenvalue weighted by Gasteiger charge is -2.21. The van der Waals surface area contributed by atoms with E-state index in [0.717, 1.165) is 22.6 Å². The van der Waals surface area contributed by atoms with Gasteiger partial charge in [0.1, 0.15) is 0 Å². The molecular weight excluding hydrogens is 428 g/mol. The number of hydrogen-bond acceptors (Lipinski definition) is 5. The van der Waals surface area contributed by atoms with Gasteiger partial charge in [-0.2, -0.15) is 10.4 Å². The number of aryl methyl sites for hydroxylation is 1. The number of carbonyl (C=O) groups excluding carboxylic acids is 2. The SMILES string of the molecule is Cc1nn(-c2ccccc2)c(C)c1CC(=O)OCC(=O)N(CCC#N)c1cccc(Cl)c1. The van der Waals surface area contributed by atoms with E-state index in [1.807, 2.05) is 50.2 Å². The van der Waals surface area contributed by atoms with Crippen LogP contribution >= 0.6 is 11.6 Å². The summed E-state index contributed by atoms with van der Waals surface area (Å²) in [6, 6.07) is 18.4. The van der Waals surface area contributed by atoms with Crippen LogP contribution in [0.1, 0.15) is 23.4 Å². The zero-order valence-corrected chi connectivity index (χ0v) is 18.7. The summed E-state index contributed by atoms with van der Waals surface area (Å²) in [5, 5.41) is 13.9. The zero-order chi connectivity index (χ0) is 23.1. The molecule has 0 fully saturated rings. The number of halogens is 1. The molecule has 0 N–H and O–H groups in total. The number of amides is 1. The Kier molecular flexibility index (Phi) is 7.63. The first-order valence-electron chi connectivity index (χ1n) is 10.1. The maximum absolute atomic E-state index is 12.7. The number of benzene rings is 2. The lowest BCUT2D eigenvalue weighted by atomic mass is 10.1. The van der Waals surface area contributed by atoms with Crippen molar-refractivity contribution in [1.29, 1.82) is 5.26 Å². The molecule has 0 bridgehead atoms. The molecule has 0 saturated carbocycles. The third kappa shape index (κ3) is 5.54. The van der Waals surface area contributed by atoms with Gasteiger partial charge in [-0.1, -0.05) is 35.9 Å². The fraction of sp³-hybridized carbons (Fsp3) is 0.250. The third-order valence-electron chi connectivity index (χ3n) is 4.99. The van der Waals surface area contributed by atoms with E-state index in [4.69, 9.17) is 21.6 Å². The second kappa shape index (κ2) is 10.6. The van der Waals surface area contributed by atoms with Crippen molar-refractivity contribution in [3.63, 3.8) is 0 Å². The normalized spacial score (nSPS) is 10.4. The monoisotopic (exact) mass is 450 g/mol. The Morgan fingerprint density at radius 3 is 2.59 bits per heavy atom. The third-order valence-corrected chi connectivity index (χ3v) is 5.22.